The molecule has 2 N–H and O–H groups in total. The summed E-state index contributed by atoms with van der Waals surface area (Å²) in [5, 5.41) is 10.7. The molecule has 0 bridgehead atoms. The molecule has 0 atom stereocenters. The lowest BCUT2D eigenvalue weighted by Crippen LogP contribution is -2.41. The Labute approximate surface area is 143 Å². The molecular formula is C17H17N3O5. The number of hydrogen-bond acceptors (Lipinski definition) is 5. The Bertz CT molecular complexity index is 804. The van der Waals surface area contributed by atoms with Crippen LogP contribution in [0.25, 0.3) is 0 Å². The fraction of sp³-hybridized carbons (Fsp3) is 0.176. The van der Waals surface area contributed by atoms with Crippen LogP contribution in [-0.4, -0.2) is 22.8 Å². The normalized spacial score (nSPS) is 10.2. The van der Waals surface area contributed by atoms with Crippen LogP contribution in [0, 0.1) is 10.1 Å². The molecule has 0 saturated carbocycles. The van der Waals surface area contributed by atoms with Crippen molar-refractivity contribution in [1.82, 2.24) is 10.9 Å². The van der Waals surface area contributed by atoms with Gasteiger partial charge < -0.3 is 4.74 Å². The molecule has 0 aliphatic rings. The minimum atomic E-state index is -0.667. The second kappa shape index (κ2) is 7.91. The number of nitrogens with zero attached hydrogens (tertiary/aromatic N) is 1. The number of nitrogens with one attached hydrogen (secondary N) is 2. The van der Waals surface area contributed by atoms with Gasteiger partial charge in [-0.3, -0.25) is 30.6 Å². The van der Waals surface area contributed by atoms with Gasteiger partial charge in [-0.25, -0.2) is 0 Å². The third-order valence-corrected chi connectivity index (χ3v) is 3.10. The van der Waals surface area contributed by atoms with E-state index in [0.29, 0.717) is 5.75 Å². The van der Waals surface area contributed by atoms with Gasteiger partial charge in [0.2, 0.25) is 0 Å². The monoisotopic (exact) mass is 343 g/mol. The summed E-state index contributed by atoms with van der Waals surface area (Å²) < 4.78 is 5.55. The highest BCUT2D eigenvalue weighted by atomic mass is 16.6. The fourth-order valence-corrected chi connectivity index (χ4v) is 2.02. The summed E-state index contributed by atoms with van der Waals surface area (Å²) in [6, 6.07) is 11.8. The van der Waals surface area contributed by atoms with Gasteiger partial charge in [0.1, 0.15) is 5.75 Å². The maximum atomic E-state index is 12.2. The van der Waals surface area contributed by atoms with Gasteiger partial charge in [-0.1, -0.05) is 18.2 Å². The molecule has 0 saturated heterocycles. The first-order valence-electron chi connectivity index (χ1n) is 7.49. The number of hydrogen-bond donors (Lipinski definition) is 2. The largest absolute Gasteiger partial charge is 0.490 e. The van der Waals surface area contributed by atoms with E-state index in [-0.39, 0.29) is 22.9 Å². The summed E-state index contributed by atoms with van der Waals surface area (Å²) in [6.07, 6.45) is -0.117. The minimum Gasteiger partial charge on any atom is -0.490 e. The van der Waals surface area contributed by atoms with Gasteiger partial charge in [0.05, 0.1) is 16.6 Å². The predicted molar refractivity (Wildman–Crippen MR) is 90.2 cm³/mol. The van der Waals surface area contributed by atoms with Crippen LogP contribution in [0.15, 0.2) is 48.5 Å². The van der Waals surface area contributed by atoms with E-state index in [4.69, 9.17) is 4.74 Å². The molecular weight excluding hydrogens is 326 g/mol. The topological polar surface area (TPSA) is 111 Å². The Morgan fingerprint density at radius 1 is 1.04 bits per heavy atom. The van der Waals surface area contributed by atoms with Gasteiger partial charge in [0.15, 0.2) is 0 Å². The number of para-hydroxylation sites is 1. The molecule has 2 aromatic rings. The Hall–Kier alpha value is -3.42. The van der Waals surface area contributed by atoms with Gasteiger partial charge in [0, 0.05) is 17.7 Å². The summed E-state index contributed by atoms with van der Waals surface area (Å²) in [4.78, 5) is 34.4. The second-order valence-corrected chi connectivity index (χ2v) is 5.38. The number of rotatable bonds is 5. The number of ether oxygens (including phenoxy) is 1. The summed E-state index contributed by atoms with van der Waals surface area (Å²) in [6.45, 7) is 3.66. The molecule has 0 heterocycles. The predicted octanol–water partition coefficient (Wildman–Crippen LogP) is 2.46. The van der Waals surface area contributed by atoms with Crippen LogP contribution in [0.2, 0.25) is 0 Å². The van der Waals surface area contributed by atoms with Crippen molar-refractivity contribution in [1.29, 1.82) is 0 Å². The number of carbonyl (C=O) groups excluding carboxylic acids is 2. The SMILES string of the molecule is CC(C)Oc1ccccc1C(=O)NNC(=O)c1cccc([N+](=O)[O-])c1. The lowest BCUT2D eigenvalue weighted by Gasteiger charge is -2.14. The average molecular weight is 343 g/mol. The van der Waals surface area contributed by atoms with Crippen molar-refractivity contribution in [2.45, 2.75) is 20.0 Å². The maximum Gasteiger partial charge on any atom is 0.273 e. The highest BCUT2D eigenvalue weighted by Gasteiger charge is 2.15. The third-order valence-electron chi connectivity index (χ3n) is 3.10. The summed E-state index contributed by atoms with van der Waals surface area (Å²) >= 11 is 0. The van der Waals surface area contributed by atoms with E-state index < -0.39 is 16.7 Å². The number of hydrazine groups is 1. The second-order valence-electron chi connectivity index (χ2n) is 5.38. The van der Waals surface area contributed by atoms with Crippen molar-refractivity contribution in [3.8, 4) is 5.75 Å². The van der Waals surface area contributed by atoms with Crippen LogP contribution >= 0.6 is 0 Å². The van der Waals surface area contributed by atoms with Crippen LogP contribution in [-0.2, 0) is 0 Å². The molecule has 2 rings (SSSR count). The average Bonchev–Trinajstić information content (AvgIpc) is 2.59. The molecule has 2 aromatic carbocycles. The van der Waals surface area contributed by atoms with Gasteiger partial charge in [-0.15, -0.1) is 0 Å². The van der Waals surface area contributed by atoms with Crippen molar-refractivity contribution in [3.05, 3.63) is 69.8 Å². The van der Waals surface area contributed by atoms with Crippen molar-refractivity contribution < 1.29 is 19.2 Å². The number of carbonyl (C=O) groups is 2. The van der Waals surface area contributed by atoms with Gasteiger partial charge in [0.25, 0.3) is 17.5 Å². The Kier molecular flexibility index (Phi) is 5.67. The quantitative estimate of drug-likeness (QED) is 0.640. The Morgan fingerprint density at radius 2 is 1.72 bits per heavy atom. The zero-order valence-electron chi connectivity index (χ0n) is 13.7. The van der Waals surface area contributed by atoms with Crippen molar-refractivity contribution in [3.63, 3.8) is 0 Å². The lowest BCUT2D eigenvalue weighted by atomic mass is 10.2. The molecule has 0 aliphatic heterocycles. The summed E-state index contributed by atoms with van der Waals surface area (Å²) in [7, 11) is 0. The fourth-order valence-electron chi connectivity index (χ4n) is 2.02. The van der Waals surface area contributed by atoms with Crippen LogP contribution in [0.4, 0.5) is 5.69 Å². The molecule has 0 fully saturated rings. The van der Waals surface area contributed by atoms with E-state index in [2.05, 4.69) is 10.9 Å². The number of benzene rings is 2. The van der Waals surface area contributed by atoms with E-state index >= 15 is 0 Å². The van der Waals surface area contributed by atoms with Crippen LogP contribution in [0.1, 0.15) is 34.6 Å². The highest BCUT2D eigenvalue weighted by molar-refractivity contribution is 6.00. The smallest absolute Gasteiger partial charge is 0.273 e. The van der Waals surface area contributed by atoms with E-state index in [1.807, 2.05) is 13.8 Å². The number of nitro benzene ring substituents is 1. The molecule has 8 nitrogen and oxygen atoms in total. The third kappa shape index (κ3) is 4.77. The lowest BCUT2D eigenvalue weighted by molar-refractivity contribution is -0.384. The van der Waals surface area contributed by atoms with E-state index in [1.54, 1.807) is 24.3 Å². The van der Waals surface area contributed by atoms with Crippen LogP contribution in [0.5, 0.6) is 5.75 Å². The minimum absolute atomic E-state index is 0.0567. The first-order chi connectivity index (χ1) is 11.9. The van der Waals surface area contributed by atoms with Crippen LogP contribution in [0.3, 0.4) is 0 Å². The number of amides is 2. The summed E-state index contributed by atoms with van der Waals surface area (Å²) in [5.41, 5.74) is 4.60. The Balaban J connectivity index is 2.06. The molecule has 130 valence electrons. The summed E-state index contributed by atoms with van der Waals surface area (Å²) in [5.74, 6) is -0.839. The molecule has 2 amide bonds. The van der Waals surface area contributed by atoms with Gasteiger partial charge in [-0.2, -0.15) is 0 Å². The van der Waals surface area contributed by atoms with Crippen molar-refractivity contribution in [2.75, 3.05) is 0 Å². The van der Waals surface area contributed by atoms with Crippen LogP contribution < -0.4 is 15.6 Å². The molecule has 0 radical (unpaired) electrons. The first kappa shape index (κ1) is 17.9. The molecule has 0 spiro atoms. The highest BCUT2D eigenvalue weighted by Crippen LogP contribution is 2.19. The Morgan fingerprint density at radius 3 is 2.40 bits per heavy atom. The van der Waals surface area contributed by atoms with E-state index in [0.717, 1.165) is 6.07 Å². The van der Waals surface area contributed by atoms with Gasteiger partial charge >= 0.3 is 0 Å². The molecule has 8 heteroatoms. The number of non-ortho nitro benzene ring substituents is 1. The zero-order valence-corrected chi connectivity index (χ0v) is 13.7. The first-order valence-corrected chi connectivity index (χ1v) is 7.49. The van der Waals surface area contributed by atoms with Crippen molar-refractivity contribution >= 4 is 17.5 Å². The zero-order chi connectivity index (χ0) is 18.4. The van der Waals surface area contributed by atoms with Gasteiger partial charge in [-0.05, 0) is 32.0 Å². The number of nitro groups is 1. The maximum absolute atomic E-state index is 12.2. The molecule has 25 heavy (non-hydrogen) atoms. The molecule has 0 unspecified atom stereocenters. The van der Waals surface area contributed by atoms with Crippen molar-refractivity contribution in [2.24, 2.45) is 0 Å². The molecule has 0 aliphatic carbocycles. The van der Waals surface area contributed by atoms with E-state index in [9.17, 15) is 19.7 Å². The standard InChI is InChI=1S/C17H17N3O5/c1-11(2)25-15-9-4-3-8-14(15)17(22)19-18-16(21)12-6-5-7-13(10-12)20(23)24/h3-11H,1-2H3,(H,18,21)(H,19,22). The van der Waals surface area contributed by atoms with E-state index in [1.165, 1.54) is 18.2 Å². The molecule has 0 aromatic heterocycles.